The van der Waals surface area contributed by atoms with Crippen molar-refractivity contribution in [2.24, 2.45) is 0 Å². The Kier molecular flexibility index (Phi) is 4.74. The Bertz CT molecular complexity index is 742. The van der Waals surface area contributed by atoms with Gasteiger partial charge in [0.15, 0.2) is 0 Å². The van der Waals surface area contributed by atoms with Crippen molar-refractivity contribution in [2.45, 2.75) is 16.7 Å². The summed E-state index contributed by atoms with van der Waals surface area (Å²) in [7, 11) is 1.87. The standard InChI is InChI=1S/C8H6Cl3NO5S2/c1-4(13)12-6-3-7(18(10,14)15)5(9)2-8(6)19(11,16)17/h2-3H,1H3,(H,12,13). The molecule has 0 saturated heterocycles. The fourth-order valence-electron chi connectivity index (χ4n) is 1.21. The van der Waals surface area contributed by atoms with Gasteiger partial charge >= 0.3 is 0 Å². The zero-order valence-corrected chi connectivity index (χ0v) is 13.0. The first kappa shape index (κ1) is 16.5. The molecular formula is C8H6Cl3NO5S2. The molecule has 0 radical (unpaired) electrons. The number of hydrogen-bond donors (Lipinski definition) is 1. The van der Waals surface area contributed by atoms with Crippen LogP contribution in [0.1, 0.15) is 6.92 Å². The van der Waals surface area contributed by atoms with Gasteiger partial charge in [-0.05, 0) is 12.1 Å². The van der Waals surface area contributed by atoms with Gasteiger partial charge in [-0.1, -0.05) is 11.6 Å². The molecule has 0 aliphatic heterocycles. The van der Waals surface area contributed by atoms with Crippen LogP contribution < -0.4 is 5.32 Å². The summed E-state index contributed by atoms with van der Waals surface area (Å²) < 4.78 is 45.1. The van der Waals surface area contributed by atoms with Crippen LogP contribution >= 0.6 is 33.0 Å². The highest BCUT2D eigenvalue weighted by molar-refractivity contribution is 8.14. The summed E-state index contributed by atoms with van der Waals surface area (Å²) in [5.41, 5.74) is -0.328. The molecule has 1 amide bonds. The van der Waals surface area contributed by atoms with E-state index in [0.29, 0.717) is 0 Å². The molecule has 0 heterocycles. The Hall–Kier alpha value is -0.540. The van der Waals surface area contributed by atoms with E-state index in [1.807, 2.05) is 0 Å². The van der Waals surface area contributed by atoms with Crippen molar-refractivity contribution in [3.63, 3.8) is 0 Å². The molecule has 0 unspecified atom stereocenters. The average Bonchev–Trinajstić information content (AvgIpc) is 2.16. The van der Waals surface area contributed by atoms with Gasteiger partial charge in [0.2, 0.25) is 5.91 Å². The Morgan fingerprint density at radius 1 is 1.05 bits per heavy atom. The van der Waals surface area contributed by atoms with E-state index >= 15 is 0 Å². The van der Waals surface area contributed by atoms with Crippen LogP contribution in [0.25, 0.3) is 0 Å². The largest absolute Gasteiger partial charge is 0.325 e. The van der Waals surface area contributed by atoms with Crippen molar-refractivity contribution >= 4 is 62.7 Å². The van der Waals surface area contributed by atoms with Gasteiger partial charge in [-0.3, -0.25) is 4.79 Å². The second-order valence-corrected chi connectivity index (χ2v) is 8.81. The van der Waals surface area contributed by atoms with Crippen LogP contribution in [0.2, 0.25) is 5.02 Å². The predicted molar refractivity (Wildman–Crippen MR) is 71.8 cm³/mol. The molecule has 0 aromatic heterocycles. The molecule has 1 N–H and O–H groups in total. The van der Waals surface area contributed by atoms with E-state index in [2.05, 4.69) is 5.32 Å². The lowest BCUT2D eigenvalue weighted by Crippen LogP contribution is -2.10. The molecule has 0 atom stereocenters. The van der Waals surface area contributed by atoms with Crippen LogP contribution in [0.5, 0.6) is 0 Å². The first-order valence-electron chi connectivity index (χ1n) is 4.43. The molecular weight excluding hydrogens is 361 g/mol. The second kappa shape index (κ2) is 5.45. The average molecular weight is 367 g/mol. The minimum absolute atomic E-state index is 0.328. The highest BCUT2D eigenvalue weighted by Crippen LogP contribution is 2.34. The quantitative estimate of drug-likeness (QED) is 0.827. The monoisotopic (exact) mass is 365 g/mol. The van der Waals surface area contributed by atoms with Gasteiger partial charge < -0.3 is 5.32 Å². The topological polar surface area (TPSA) is 97.4 Å². The van der Waals surface area contributed by atoms with Crippen LogP contribution in [0.15, 0.2) is 21.9 Å². The maximum Gasteiger partial charge on any atom is 0.263 e. The zero-order valence-electron chi connectivity index (χ0n) is 9.15. The van der Waals surface area contributed by atoms with Gasteiger partial charge in [0.25, 0.3) is 18.1 Å². The van der Waals surface area contributed by atoms with Gasteiger partial charge in [-0.25, -0.2) is 16.8 Å². The number of anilines is 1. The molecule has 1 aromatic rings. The molecule has 1 aromatic carbocycles. The lowest BCUT2D eigenvalue weighted by atomic mass is 10.3. The number of benzene rings is 1. The van der Waals surface area contributed by atoms with Gasteiger partial charge in [-0.15, -0.1) is 0 Å². The Morgan fingerprint density at radius 2 is 1.53 bits per heavy atom. The molecule has 0 fully saturated rings. The number of amides is 1. The maximum absolute atomic E-state index is 11.3. The highest BCUT2D eigenvalue weighted by Gasteiger charge is 2.23. The fraction of sp³-hybridized carbons (Fsp3) is 0.125. The molecule has 19 heavy (non-hydrogen) atoms. The van der Waals surface area contributed by atoms with E-state index in [4.69, 9.17) is 33.0 Å². The van der Waals surface area contributed by atoms with Gasteiger partial charge in [0.1, 0.15) is 9.79 Å². The van der Waals surface area contributed by atoms with Crippen LogP contribution in [-0.4, -0.2) is 22.7 Å². The molecule has 1 rings (SSSR count). The van der Waals surface area contributed by atoms with Crippen molar-refractivity contribution in [3.05, 3.63) is 17.2 Å². The summed E-state index contributed by atoms with van der Waals surface area (Å²) in [4.78, 5) is 9.91. The summed E-state index contributed by atoms with van der Waals surface area (Å²) in [5.74, 6) is -0.623. The van der Waals surface area contributed by atoms with E-state index in [-0.39, 0.29) is 5.69 Å². The van der Waals surface area contributed by atoms with Gasteiger partial charge in [0.05, 0.1) is 10.7 Å². The minimum atomic E-state index is -4.23. The summed E-state index contributed by atoms with van der Waals surface area (Å²) in [5, 5.41) is 1.71. The first-order chi connectivity index (χ1) is 8.43. The molecule has 106 valence electrons. The summed E-state index contributed by atoms with van der Waals surface area (Å²) in [6.07, 6.45) is 0. The van der Waals surface area contributed by atoms with Crippen molar-refractivity contribution in [1.82, 2.24) is 0 Å². The maximum atomic E-state index is 11.3. The Balaban J connectivity index is 3.69. The molecule has 0 saturated carbocycles. The molecule has 0 spiro atoms. The number of carbonyl (C=O) groups is 1. The number of rotatable bonds is 3. The Labute approximate surface area is 123 Å². The molecule has 0 bridgehead atoms. The smallest absolute Gasteiger partial charge is 0.263 e. The summed E-state index contributed by atoms with van der Waals surface area (Å²) >= 11 is 5.63. The van der Waals surface area contributed by atoms with Crippen molar-refractivity contribution < 1.29 is 21.6 Å². The number of halogens is 3. The predicted octanol–water partition coefficient (Wildman–Crippen LogP) is 2.15. The first-order valence-corrected chi connectivity index (χ1v) is 9.43. The minimum Gasteiger partial charge on any atom is -0.325 e. The summed E-state index contributed by atoms with van der Waals surface area (Å²) in [6.45, 7) is 1.11. The third-order valence-electron chi connectivity index (χ3n) is 1.87. The third-order valence-corrected chi connectivity index (χ3v) is 5.02. The lowest BCUT2D eigenvalue weighted by molar-refractivity contribution is -0.114. The molecule has 11 heteroatoms. The van der Waals surface area contributed by atoms with E-state index in [0.717, 1.165) is 19.1 Å². The number of nitrogens with one attached hydrogen (secondary N) is 1. The molecule has 0 aliphatic carbocycles. The van der Waals surface area contributed by atoms with Crippen LogP contribution in [0.4, 0.5) is 5.69 Å². The van der Waals surface area contributed by atoms with Crippen LogP contribution in [0, 0.1) is 0 Å². The zero-order chi connectivity index (χ0) is 15.0. The Morgan fingerprint density at radius 3 is 1.89 bits per heavy atom. The SMILES string of the molecule is CC(=O)Nc1cc(S(=O)(=O)Cl)c(Cl)cc1S(=O)(=O)Cl. The van der Waals surface area contributed by atoms with Crippen LogP contribution in [0.3, 0.4) is 0 Å². The van der Waals surface area contributed by atoms with Crippen molar-refractivity contribution in [3.8, 4) is 0 Å². The molecule has 6 nitrogen and oxygen atoms in total. The lowest BCUT2D eigenvalue weighted by Gasteiger charge is -2.10. The van der Waals surface area contributed by atoms with Crippen molar-refractivity contribution in [1.29, 1.82) is 0 Å². The second-order valence-electron chi connectivity index (χ2n) is 3.34. The molecule has 0 aliphatic rings. The third kappa shape index (κ3) is 4.22. The van der Waals surface area contributed by atoms with E-state index in [1.54, 1.807) is 0 Å². The van der Waals surface area contributed by atoms with E-state index in [9.17, 15) is 21.6 Å². The van der Waals surface area contributed by atoms with E-state index < -0.39 is 38.8 Å². The van der Waals surface area contributed by atoms with Crippen molar-refractivity contribution in [2.75, 3.05) is 5.32 Å². The van der Waals surface area contributed by atoms with Crippen LogP contribution in [-0.2, 0) is 22.9 Å². The summed E-state index contributed by atoms with van der Waals surface area (Å²) in [6, 6.07) is 1.62. The normalized spacial score (nSPS) is 12.2. The highest BCUT2D eigenvalue weighted by atomic mass is 35.7. The number of carbonyl (C=O) groups excluding carboxylic acids is 1. The van der Waals surface area contributed by atoms with Gasteiger partial charge in [-0.2, -0.15) is 0 Å². The van der Waals surface area contributed by atoms with E-state index in [1.165, 1.54) is 0 Å². The number of hydrogen-bond acceptors (Lipinski definition) is 5. The fourth-order valence-corrected chi connectivity index (χ4v) is 3.81. The van der Waals surface area contributed by atoms with Gasteiger partial charge in [0, 0.05) is 28.3 Å².